The summed E-state index contributed by atoms with van der Waals surface area (Å²) in [6.07, 6.45) is 2.01. The number of piperazine rings is 1. The number of aliphatic hydroxyl groups excluding tert-OH is 1. The lowest BCUT2D eigenvalue weighted by Gasteiger charge is -2.34. The normalized spacial score (nSPS) is 22.4. The number of hydrogen-bond acceptors (Lipinski definition) is 10. The maximum absolute atomic E-state index is 12.3. The summed E-state index contributed by atoms with van der Waals surface area (Å²) in [6.45, 7) is 6.44. The first kappa shape index (κ1) is 24.1. The molecule has 1 aliphatic heterocycles. The Balaban J connectivity index is 1.16. The molecule has 3 aliphatic rings. The molecule has 0 radical (unpaired) electrons. The first-order chi connectivity index (χ1) is 18.1. The maximum Gasteiger partial charge on any atom is 0.234 e. The smallest absolute Gasteiger partial charge is 0.234 e. The lowest BCUT2D eigenvalue weighted by atomic mass is 10.2. The van der Waals surface area contributed by atoms with Crippen molar-refractivity contribution in [2.45, 2.75) is 29.8 Å². The standard InChI is InChI=1S/C25H31N9O2S/c1-15-13-20(32-31-15)27-23-28-24(34-10-8-33(9-11-34)7-2-12-35)30-25(29-23)37-17-5-3-16(4-6-17)26-22(36)21-18-14-19(18)21/h3-6,13,18-19,21,35H,2,7-12,14H2,1H3,(H,26,36)(H2,27,28,29,30,31,32). The van der Waals surface area contributed by atoms with Crippen molar-refractivity contribution in [1.82, 2.24) is 30.0 Å². The molecule has 2 saturated carbocycles. The largest absolute Gasteiger partial charge is 0.396 e. The van der Waals surface area contributed by atoms with Crippen molar-refractivity contribution in [3.05, 3.63) is 36.0 Å². The van der Waals surface area contributed by atoms with Crippen molar-refractivity contribution in [2.75, 3.05) is 54.9 Å². The third-order valence-electron chi connectivity index (χ3n) is 7.14. The van der Waals surface area contributed by atoms with E-state index < -0.39 is 0 Å². The predicted octanol–water partition coefficient (Wildman–Crippen LogP) is 2.51. The maximum atomic E-state index is 12.3. The Hall–Kier alpha value is -3.22. The van der Waals surface area contributed by atoms with Crippen molar-refractivity contribution >= 4 is 41.1 Å². The van der Waals surface area contributed by atoms with E-state index in [1.165, 1.54) is 18.2 Å². The van der Waals surface area contributed by atoms with Gasteiger partial charge >= 0.3 is 0 Å². The Morgan fingerprint density at radius 1 is 1.14 bits per heavy atom. The molecule has 6 rings (SSSR count). The molecule has 0 bridgehead atoms. The van der Waals surface area contributed by atoms with Crippen LogP contribution in [0.25, 0.3) is 0 Å². The Labute approximate surface area is 219 Å². The number of hydrogen-bond donors (Lipinski definition) is 4. The number of fused-ring (bicyclic) bond motifs is 1. The Kier molecular flexibility index (Phi) is 6.70. The number of carbonyl (C=O) groups is 1. The van der Waals surface area contributed by atoms with Gasteiger partial charge in [-0.15, -0.1) is 0 Å². The van der Waals surface area contributed by atoms with Gasteiger partial charge in [0.25, 0.3) is 0 Å². The van der Waals surface area contributed by atoms with Crippen LogP contribution in [0.4, 0.5) is 23.4 Å². The van der Waals surface area contributed by atoms with Gasteiger partial charge in [0.2, 0.25) is 17.8 Å². The Morgan fingerprint density at radius 2 is 1.92 bits per heavy atom. The molecular formula is C25H31N9O2S. The number of aromatic nitrogens is 5. The average molecular weight is 522 g/mol. The quantitative estimate of drug-likeness (QED) is 0.315. The van der Waals surface area contributed by atoms with Crippen LogP contribution in [0.3, 0.4) is 0 Å². The molecule has 2 unspecified atom stereocenters. The zero-order valence-corrected chi connectivity index (χ0v) is 21.5. The molecular weight excluding hydrogens is 490 g/mol. The number of aliphatic hydroxyl groups is 1. The average Bonchev–Trinajstić information content (AvgIpc) is 3.78. The number of amides is 1. The third-order valence-corrected chi connectivity index (χ3v) is 8.02. The number of H-pyrrole nitrogens is 1. The second-order valence-electron chi connectivity index (χ2n) is 9.91. The fourth-order valence-corrected chi connectivity index (χ4v) is 5.50. The summed E-state index contributed by atoms with van der Waals surface area (Å²) in [6, 6.07) is 9.69. The summed E-state index contributed by atoms with van der Waals surface area (Å²) in [5, 5.41) is 23.1. The molecule has 2 aliphatic carbocycles. The number of carbonyl (C=O) groups excluding carboxylic acids is 1. The number of nitrogens with one attached hydrogen (secondary N) is 3. The number of anilines is 4. The van der Waals surface area contributed by atoms with Gasteiger partial charge in [-0.1, -0.05) is 0 Å². The number of aromatic amines is 1. The summed E-state index contributed by atoms with van der Waals surface area (Å²) in [5.74, 6) is 3.37. The van der Waals surface area contributed by atoms with Crippen LogP contribution in [0.15, 0.2) is 40.4 Å². The Morgan fingerprint density at radius 3 is 2.57 bits per heavy atom. The number of rotatable bonds is 10. The van der Waals surface area contributed by atoms with Gasteiger partial charge in [-0.2, -0.15) is 20.1 Å². The van der Waals surface area contributed by atoms with Gasteiger partial charge in [0.1, 0.15) is 0 Å². The van der Waals surface area contributed by atoms with E-state index in [0.717, 1.165) is 55.4 Å². The minimum atomic E-state index is 0.143. The van der Waals surface area contributed by atoms with Gasteiger partial charge in [0.15, 0.2) is 11.0 Å². The third kappa shape index (κ3) is 5.71. The zero-order chi connectivity index (χ0) is 25.4. The van der Waals surface area contributed by atoms with Crippen molar-refractivity contribution in [1.29, 1.82) is 0 Å². The van der Waals surface area contributed by atoms with Crippen molar-refractivity contribution in [3.63, 3.8) is 0 Å². The zero-order valence-electron chi connectivity index (χ0n) is 20.7. The topological polar surface area (TPSA) is 135 Å². The van der Waals surface area contributed by atoms with Crippen LogP contribution in [-0.2, 0) is 4.79 Å². The highest BCUT2D eigenvalue weighted by Crippen LogP contribution is 2.68. The van der Waals surface area contributed by atoms with Crippen LogP contribution in [-0.4, -0.2) is 80.4 Å². The highest BCUT2D eigenvalue weighted by Gasteiger charge is 2.67. The van der Waals surface area contributed by atoms with Gasteiger partial charge in [0.05, 0.1) is 0 Å². The highest BCUT2D eigenvalue weighted by atomic mass is 32.2. The highest BCUT2D eigenvalue weighted by molar-refractivity contribution is 7.99. The molecule has 3 heterocycles. The van der Waals surface area contributed by atoms with E-state index in [9.17, 15) is 4.79 Å². The van der Waals surface area contributed by atoms with Gasteiger partial charge in [-0.3, -0.25) is 14.8 Å². The van der Waals surface area contributed by atoms with Crippen LogP contribution >= 0.6 is 11.8 Å². The fourth-order valence-electron chi connectivity index (χ4n) is 4.76. The first-order valence-corrected chi connectivity index (χ1v) is 13.6. The van der Waals surface area contributed by atoms with E-state index in [0.29, 0.717) is 34.7 Å². The summed E-state index contributed by atoms with van der Waals surface area (Å²) >= 11 is 1.45. The van der Waals surface area contributed by atoms with Crippen molar-refractivity contribution in [3.8, 4) is 0 Å². The van der Waals surface area contributed by atoms with Crippen LogP contribution in [0.5, 0.6) is 0 Å². The molecule has 2 aromatic heterocycles. The molecule has 1 saturated heterocycles. The van der Waals surface area contributed by atoms with E-state index in [-0.39, 0.29) is 18.4 Å². The molecule has 3 fully saturated rings. The second-order valence-corrected chi connectivity index (χ2v) is 11.0. The molecule has 1 amide bonds. The van der Waals surface area contributed by atoms with E-state index in [1.807, 2.05) is 37.3 Å². The molecule has 1 aromatic carbocycles. The summed E-state index contributed by atoms with van der Waals surface area (Å²) in [5.41, 5.74) is 1.75. The van der Waals surface area contributed by atoms with Crippen LogP contribution in [0, 0.1) is 24.7 Å². The van der Waals surface area contributed by atoms with Crippen LogP contribution in [0.1, 0.15) is 18.5 Å². The predicted molar refractivity (Wildman–Crippen MR) is 141 cm³/mol. The molecule has 0 spiro atoms. The SMILES string of the molecule is Cc1cc(Nc2nc(Sc3ccc(NC(=O)C4C5CC54)cc3)nc(N3CCN(CCCO)CC3)n2)n[nH]1. The van der Waals surface area contributed by atoms with E-state index in [4.69, 9.17) is 10.1 Å². The summed E-state index contributed by atoms with van der Waals surface area (Å²) in [7, 11) is 0. The molecule has 11 nitrogen and oxygen atoms in total. The molecule has 12 heteroatoms. The summed E-state index contributed by atoms with van der Waals surface area (Å²) in [4.78, 5) is 31.9. The van der Waals surface area contributed by atoms with Gasteiger partial charge in [-0.25, -0.2) is 0 Å². The van der Waals surface area contributed by atoms with Crippen LogP contribution in [0.2, 0.25) is 0 Å². The minimum Gasteiger partial charge on any atom is -0.396 e. The van der Waals surface area contributed by atoms with Crippen molar-refractivity contribution < 1.29 is 9.90 Å². The number of aryl methyl sites for hydroxylation is 1. The van der Waals surface area contributed by atoms with Gasteiger partial charge in [-0.05, 0) is 67.6 Å². The molecule has 194 valence electrons. The first-order valence-electron chi connectivity index (χ1n) is 12.8. The van der Waals surface area contributed by atoms with Gasteiger partial charge in [0, 0.05) is 67.6 Å². The minimum absolute atomic E-state index is 0.143. The van der Waals surface area contributed by atoms with Crippen LogP contribution < -0.4 is 15.5 Å². The number of nitrogens with zero attached hydrogens (tertiary/aromatic N) is 6. The lowest BCUT2D eigenvalue weighted by molar-refractivity contribution is -0.118. The molecule has 37 heavy (non-hydrogen) atoms. The summed E-state index contributed by atoms with van der Waals surface area (Å²) < 4.78 is 0. The van der Waals surface area contributed by atoms with E-state index >= 15 is 0 Å². The van der Waals surface area contributed by atoms with E-state index in [1.54, 1.807) is 0 Å². The number of benzene rings is 1. The molecule has 3 aromatic rings. The fraction of sp³-hybridized carbons (Fsp3) is 0.480. The molecule has 2 atom stereocenters. The second kappa shape index (κ2) is 10.3. The van der Waals surface area contributed by atoms with E-state index in [2.05, 4.69) is 40.6 Å². The monoisotopic (exact) mass is 521 g/mol. The lowest BCUT2D eigenvalue weighted by Crippen LogP contribution is -2.47. The Bertz CT molecular complexity index is 1250. The van der Waals surface area contributed by atoms with Gasteiger partial charge < -0.3 is 20.6 Å². The molecule has 4 N–H and O–H groups in total. The van der Waals surface area contributed by atoms with Crippen molar-refractivity contribution in [2.24, 2.45) is 17.8 Å².